The molecule has 0 rings (SSSR count). The highest BCUT2D eigenvalue weighted by atomic mass is 32.2. The zero-order valence-corrected chi connectivity index (χ0v) is 12.9. The lowest BCUT2D eigenvalue weighted by molar-refractivity contribution is 0.310. The molecule has 0 atom stereocenters. The Morgan fingerprint density at radius 2 is 1.53 bits per heavy atom. The number of unbranched alkanes of at least 4 members (excludes halogenated alkanes) is 4. The third-order valence-electron chi connectivity index (χ3n) is 2.68. The van der Waals surface area contributed by atoms with Crippen LogP contribution >= 0.6 is 0 Å². The van der Waals surface area contributed by atoms with Crippen LogP contribution in [0, 0.1) is 5.41 Å². The van der Waals surface area contributed by atoms with Gasteiger partial charge in [0.05, 0.1) is 5.75 Å². The Morgan fingerprint density at radius 3 is 2.00 bits per heavy atom. The number of rotatable bonds is 8. The van der Waals surface area contributed by atoms with Crippen molar-refractivity contribution in [2.24, 2.45) is 5.41 Å². The summed E-state index contributed by atoms with van der Waals surface area (Å²) in [5.74, 6) is 0.295. The molecule has 3 nitrogen and oxygen atoms in total. The van der Waals surface area contributed by atoms with Crippen LogP contribution in [0.15, 0.2) is 0 Å². The summed E-state index contributed by atoms with van der Waals surface area (Å²) >= 11 is 0. The Kier molecular flexibility index (Phi) is 7.33. The van der Waals surface area contributed by atoms with Crippen molar-refractivity contribution in [2.45, 2.75) is 59.8 Å². The lowest BCUT2D eigenvalue weighted by Gasteiger charge is -2.26. The Bertz CT molecular complexity index is 291. The zero-order chi connectivity index (χ0) is 13.5. The first-order valence-corrected chi connectivity index (χ1v) is 8.24. The van der Waals surface area contributed by atoms with E-state index in [1.165, 1.54) is 17.1 Å². The van der Waals surface area contributed by atoms with Crippen molar-refractivity contribution in [1.82, 2.24) is 4.31 Å². The second-order valence-corrected chi connectivity index (χ2v) is 8.24. The molecule has 0 unspecified atom stereocenters. The number of hydrogen-bond donors (Lipinski definition) is 0. The van der Waals surface area contributed by atoms with E-state index in [-0.39, 0.29) is 5.41 Å². The monoisotopic (exact) mass is 263 g/mol. The average molecular weight is 263 g/mol. The standard InChI is InChI=1S/C13H29NO2S/c1-6-7-8-9-10-11-17(15,16)14(5)12-13(2,3)4/h6-12H2,1-5H3. The van der Waals surface area contributed by atoms with Gasteiger partial charge < -0.3 is 0 Å². The molecule has 0 aliphatic rings. The van der Waals surface area contributed by atoms with Crippen molar-refractivity contribution in [2.75, 3.05) is 19.3 Å². The fourth-order valence-electron chi connectivity index (χ4n) is 1.81. The topological polar surface area (TPSA) is 37.4 Å². The second-order valence-electron chi connectivity index (χ2n) is 6.05. The van der Waals surface area contributed by atoms with Crippen molar-refractivity contribution >= 4 is 10.0 Å². The summed E-state index contributed by atoms with van der Waals surface area (Å²) in [7, 11) is -1.36. The molecule has 4 heteroatoms. The van der Waals surface area contributed by atoms with Gasteiger partial charge in [0.25, 0.3) is 0 Å². The molecule has 0 aromatic rings. The van der Waals surface area contributed by atoms with Gasteiger partial charge in [-0.1, -0.05) is 53.4 Å². The minimum Gasteiger partial charge on any atom is -0.212 e. The maximum Gasteiger partial charge on any atom is 0.213 e. The number of nitrogens with zero attached hydrogens (tertiary/aromatic N) is 1. The largest absolute Gasteiger partial charge is 0.213 e. The van der Waals surface area contributed by atoms with Gasteiger partial charge in [0, 0.05) is 13.6 Å². The summed E-state index contributed by atoms with van der Waals surface area (Å²) < 4.78 is 25.4. The summed E-state index contributed by atoms with van der Waals surface area (Å²) in [6, 6.07) is 0. The van der Waals surface area contributed by atoms with Gasteiger partial charge >= 0.3 is 0 Å². The number of hydrogen-bond acceptors (Lipinski definition) is 2. The van der Waals surface area contributed by atoms with Crippen LogP contribution in [-0.2, 0) is 10.0 Å². The van der Waals surface area contributed by atoms with E-state index in [9.17, 15) is 8.42 Å². The minimum absolute atomic E-state index is 0.0179. The molecule has 0 radical (unpaired) electrons. The zero-order valence-electron chi connectivity index (χ0n) is 12.1. The highest BCUT2D eigenvalue weighted by Crippen LogP contribution is 2.17. The predicted octanol–water partition coefficient (Wildman–Crippen LogP) is 3.26. The van der Waals surface area contributed by atoms with Gasteiger partial charge in [-0.2, -0.15) is 0 Å². The summed E-state index contributed by atoms with van der Waals surface area (Å²) in [4.78, 5) is 0. The van der Waals surface area contributed by atoms with Crippen LogP contribution < -0.4 is 0 Å². The third kappa shape index (κ3) is 8.61. The maximum atomic E-state index is 12.0. The van der Waals surface area contributed by atoms with Crippen molar-refractivity contribution in [1.29, 1.82) is 0 Å². The highest BCUT2D eigenvalue weighted by molar-refractivity contribution is 7.89. The molecular formula is C13H29NO2S. The van der Waals surface area contributed by atoms with Gasteiger partial charge in [-0.25, -0.2) is 12.7 Å². The van der Waals surface area contributed by atoms with Crippen LogP contribution in [0.2, 0.25) is 0 Å². The molecule has 0 saturated heterocycles. The fourth-order valence-corrected chi connectivity index (χ4v) is 3.27. The van der Waals surface area contributed by atoms with Crippen LogP contribution in [0.25, 0.3) is 0 Å². The molecule has 0 bridgehead atoms. The van der Waals surface area contributed by atoms with E-state index in [1.54, 1.807) is 7.05 Å². The van der Waals surface area contributed by atoms with Gasteiger partial charge in [-0.15, -0.1) is 0 Å². The lowest BCUT2D eigenvalue weighted by atomic mass is 9.97. The molecule has 0 aromatic carbocycles. The molecule has 0 N–H and O–H groups in total. The Balaban J connectivity index is 4.02. The molecule has 0 saturated carbocycles. The summed E-state index contributed by atoms with van der Waals surface area (Å²) in [5.41, 5.74) is 0.0179. The first-order valence-electron chi connectivity index (χ1n) is 6.63. The van der Waals surface area contributed by atoms with Crippen molar-refractivity contribution in [3.8, 4) is 0 Å². The van der Waals surface area contributed by atoms with E-state index in [0.29, 0.717) is 12.3 Å². The van der Waals surface area contributed by atoms with Gasteiger partial charge in [0.2, 0.25) is 10.0 Å². The average Bonchev–Trinajstić information content (AvgIpc) is 2.14. The quantitative estimate of drug-likeness (QED) is 0.630. The van der Waals surface area contributed by atoms with Crippen LogP contribution in [0.5, 0.6) is 0 Å². The fraction of sp³-hybridized carbons (Fsp3) is 1.00. The van der Waals surface area contributed by atoms with E-state index >= 15 is 0 Å². The van der Waals surface area contributed by atoms with Gasteiger partial charge in [0.1, 0.15) is 0 Å². The molecule has 0 amide bonds. The van der Waals surface area contributed by atoms with Gasteiger partial charge in [-0.3, -0.25) is 0 Å². The van der Waals surface area contributed by atoms with E-state index < -0.39 is 10.0 Å². The molecule has 0 aliphatic carbocycles. The van der Waals surface area contributed by atoms with Crippen LogP contribution in [0.1, 0.15) is 59.8 Å². The Morgan fingerprint density at radius 1 is 1.00 bits per heavy atom. The maximum absolute atomic E-state index is 12.0. The predicted molar refractivity (Wildman–Crippen MR) is 74.6 cm³/mol. The smallest absolute Gasteiger partial charge is 0.212 e. The molecule has 17 heavy (non-hydrogen) atoms. The van der Waals surface area contributed by atoms with Crippen molar-refractivity contribution in [3.05, 3.63) is 0 Å². The molecule has 0 fully saturated rings. The van der Waals surface area contributed by atoms with Gasteiger partial charge in [0.15, 0.2) is 0 Å². The Labute approximate surface area is 108 Å². The Hall–Kier alpha value is -0.0900. The van der Waals surface area contributed by atoms with Crippen LogP contribution in [-0.4, -0.2) is 32.1 Å². The SMILES string of the molecule is CCCCCCCS(=O)(=O)N(C)CC(C)(C)C. The molecule has 0 spiro atoms. The van der Waals surface area contributed by atoms with Crippen LogP contribution in [0.4, 0.5) is 0 Å². The summed E-state index contributed by atoms with van der Waals surface area (Å²) in [6.07, 6.45) is 5.36. The third-order valence-corrected chi connectivity index (χ3v) is 4.56. The van der Waals surface area contributed by atoms with E-state index in [1.807, 2.05) is 0 Å². The van der Waals surface area contributed by atoms with Gasteiger partial charge in [-0.05, 0) is 11.8 Å². The van der Waals surface area contributed by atoms with E-state index in [4.69, 9.17) is 0 Å². The van der Waals surface area contributed by atoms with Crippen molar-refractivity contribution < 1.29 is 8.42 Å². The minimum atomic E-state index is -3.05. The van der Waals surface area contributed by atoms with E-state index in [0.717, 1.165) is 19.3 Å². The molecular weight excluding hydrogens is 234 g/mol. The van der Waals surface area contributed by atoms with Crippen molar-refractivity contribution in [3.63, 3.8) is 0 Å². The highest BCUT2D eigenvalue weighted by Gasteiger charge is 2.22. The van der Waals surface area contributed by atoms with E-state index in [2.05, 4.69) is 27.7 Å². The molecule has 0 heterocycles. The van der Waals surface area contributed by atoms with Crippen LogP contribution in [0.3, 0.4) is 0 Å². The first-order chi connectivity index (χ1) is 7.69. The first kappa shape index (κ1) is 16.9. The lowest BCUT2D eigenvalue weighted by Crippen LogP contribution is -2.36. The normalized spacial score (nSPS) is 13.3. The molecule has 0 aromatic heterocycles. The molecule has 0 aliphatic heterocycles. The summed E-state index contributed by atoms with van der Waals surface area (Å²) in [6.45, 7) is 8.92. The summed E-state index contributed by atoms with van der Waals surface area (Å²) in [5, 5.41) is 0. The number of sulfonamides is 1. The second kappa shape index (κ2) is 7.37. The molecule has 104 valence electrons.